The first-order chi connectivity index (χ1) is 5.65. The van der Waals surface area contributed by atoms with Gasteiger partial charge in [0.25, 0.3) is 5.24 Å². The zero-order valence-corrected chi connectivity index (χ0v) is 6.67. The maximum atomic E-state index is 10.7. The molecule has 1 rings (SSSR count). The molecule has 1 aromatic rings. The monoisotopic (exact) mass is 181 g/mol. The number of anilines is 1. The van der Waals surface area contributed by atoms with Crippen LogP contribution in [0.3, 0.4) is 0 Å². The highest BCUT2D eigenvalue weighted by Crippen LogP contribution is 2.11. The van der Waals surface area contributed by atoms with Gasteiger partial charge >= 0.3 is 0 Å². The second-order valence-corrected chi connectivity index (χ2v) is 2.38. The summed E-state index contributed by atoms with van der Waals surface area (Å²) in [6.45, 7) is 0. The van der Waals surface area contributed by atoms with E-state index in [4.69, 9.17) is 22.6 Å². The maximum Gasteiger partial charge on any atom is 0.253 e. The van der Waals surface area contributed by atoms with Crippen molar-refractivity contribution in [3.8, 4) is 6.07 Å². The largest absolute Gasteiger partial charge is 0.384 e. The Kier molecular flexibility index (Phi) is 2.26. The summed E-state index contributed by atoms with van der Waals surface area (Å²) < 4.78 is 0. The number of carbonyl (C=O) groups excluding carboxylic acids is 1. The first-order valence-corrected chi connectivity index (χ1v) is 3.38. The molecule has 1 aromatic heterocycles. The average molecular weight is 182 g/mol. The van der Waals surface area contributed by atoms with E-state index < -0.39 is 5.24 Å². The SMILES string of the molecule is N#Cc1cnc(N)cc1C(=O)Cl. The molecule has 0 fully saturated rings. The van der Waals surface area contributed by atoms with Crippen molar-refractivity contribution in [3.63, 3.8) is 0 Å². The van der Waals surface area contributed by atoms with Crippen LogP contribution in [0.1, 0.15) is 15.9 Å². The van der Waals surface area contributed by atoms with Crippen molar-refractivity contribution in [3.05, 3.63) is 23.4 Å². The number of rotatable bonds is 1. The summed E-state index contributed by atoms with van der Waals surface area (Å²) in [5.41, 5.74) is 5.51. The van der Waals surface area contributed by atoms with Crippen LogP contribution in [0.5, 0.6) is 0 Å². The number of halogens is 1. The van der Waals surface area contributed by atoms with Crippen LogP contribution in [0.25, 0.3) is 0 Å². The third kappa shape index (κ3) is 1.52. The van der Waals surface area contributed by atoms with Gasteiger partial charge in [-0.15, -0.1) is 0 Å². The highest BCUT2D eigenvalue weighted by Gasteiger charge is 2.09. The van der Waals surface area contributed by atoms with Crippen molar-refractivity contribution in [1.82, 2.24) is 4.98 Å². The van der Waals surface area contributed by atoms with Gasteiger partial charge in [0.1, 0.15) is 11.9 Å². The van der Waals surface area contributed by atoms with E-state index in [9.17, 15) is 4.79 Å². The van der Waals surface area contributed by atoms with E-state index >= 15 is 0 Å². The molecule has 1 heterocycles. The van der Waals surface area contributed by atoms with Gasteiger partial charge in [0.05, 0.1) is 11.1 Å². The molecular weight excluding hydrogens is 178 g/mol. The molecule has 0 aliphatic carbocycles. The third-order valence-electron chi connectivity index (χ3n) is 1.26. The van der Waals surface area contributed by atoms with Crippen molar-refractivity contribution < 1.29 is 4.79 Å². The number of nitriles is 1. The van der Waals surface area contributed by atoms with Crippen molar-refractivity contribution in [2.75, 3.05) is 5.73 Å². The molecule has 0 aliphatic heterocycles. The van der Waals surface area contributed by atoms with Gasteiger partial charge in [-0.25, -0.2) is 4.98 Å². The Hall–Kier alpha value is -1.60. The van der Waals surface area contributed by atoms with Gasteiger partial charge in [0, 0.05) is 6.20 Å². The van der Waals surface area contributed by atoms with Gasteiger partial charge in [0.2, 0.25) is 0 Å². The van der Waals surface area contributed by atoms with E-state index in [0.29, 0.717) is 0 Å². The summed E-state index contributed by atoms with van der Waals surface area (Å²) in [5, 5.41) is 7.81. The molecule has 0 spiro atoms. The minimum Gasteiger partial charge on any atom is -0.384 e. The molecule has 2 N–H and O–H groups in total. The zero-order chi connectivity index (χ0) is 9.14. The smallest absolute Gasteiger partial charge is 0.253 e. The van der Waals surface area contributed by atoms with Crippen LogP contribution < -0.4 is 5.73 Å². The predicted molar refractivity (Wildman–Crippen MR) is 43.5 cm³/mol. The standard InChI is InChI=1S/C7H4ClN3O/c8-7(12)5-1-6(10)11-3-4(5)2-9/h1,3H,(H2,10,11). The number of carbonyl (C=O) groups is 1. The van der Waals surface area contributed by atoms with Crippen LogP contribution >= 0.6 is 11.6 Å². The second kappa shape index (κ2) is 3.20. The summed E-state index contributed by atoms with van der Waals surface area (Å²) in [7, 11) is 0. The quantitative estimate of drug-likeness (QED) is 0.654. The Morgan fingerprint density at radius 3 is 2.92 bits per heavy atom. The predicted octanol–water partition coefficient (Wildman–Crippen LogP) is 0.914. The lowest BCUT2D eigenvalue weighted by Gasteiger charge is -1.97. The molecule has 12 heavy (non-hydrogen) atoms. The maximum absolute atomic E-state index is 10.7. The van der Waals surface area contributed by atoms with E-state index in [1.54, 1.807) is 6.07 Å². The Morgan fingerprint density at radius 1 is 1.75 bits per heavy atom. The van der Waals surface area contributed by atoms with E-state index in [0.717, 1.165) is 0 Å². The molecule has 0 saturated carbocycles. The molecule has 0 bridgehead atoms. The normalized spacial score (nSPS) is 9.00. The Morgan fingerprint density at radius 2 is 2.42 bits per heavy atom. The summed E-state index contributed by atoms with van der Waals surface area (Å²) in [5.74, 6) is 0.165. The van der Waals surface area contributed by atoms with Crippen LogP contribution in [0.4, 0.5) is 5.82 Å². The lowest BCUT2D eigenvalue weighted by atomic mass is 10.2. The molecule has 4 nitrogen and oxygen atoms in total. The highest BCUT2D eigenvalue weighted by molar-refractivity contribution is 6.68. The topological polar surface area (TPSA) is 79.8 Å². The van der Waals surface area contributed by atoms with Crippen molar-refractivity contribution in [2.45, 2.75) is 0 Å². The molecule has 0 radical (unpaired) electrons. The van der Waals surface area contributed by atoms with Crippen LogP contribution in [0, 0.1) is 11.3 Å². The van der Waals surface area contributed by atoms with Gasteiger partial charge in [-0.1, -0.05) is 0 Å². The molecule has 0 atom stereocenters. The third-order valence-corrected chi connectivity index (χ3v) is 1.46. The average Bonchev–Trinajstić information content (AvgIpc) is 2.04. The van der Waals surface area contributed by atoms with Crippen molar-refractivity contribution in [1.29, 1.82) is 5.26 Å². The summed E-state index contributed by atoms with van der Waals surface area (Å²) >= 11 is 5.19. The molecule has 0 saturated heterocycles. The van der Waals surface area contributed by atoms with E-state index in [2.05, 4.69) is 4.98 Å². The molecule has 0 aliphatic rings. The lowest BCUT2D eigenvalue weighted by Crippen LogP contribution is -1.98. The number of nitrogens with two attached hydrogens (primary N) is 1. The Balaban J connectivity index is 3.34. The van der Waals surface area contributed by atoms with Gasteiger partial charge in [-0.3, -0.25) is 4.79 Å². The van der Waals surface area contributed by atoms with Crippen molar-refractivity contribution in [2.24, 2.45) is 0 Å². The van der Waals surface area contributed by atoms with E-state index in [-0.39, 0.29) is 16.9 Å². The second-order valence-electron chi connectivity index (χ2n) is 2.04. The van der Waals surface area contributed by atoms with Crippen LogP contribution in [0.15, 0.2) is 12.3 Å². The lowest BCUT2D eigenvalue weighted by molar-refractivity contribution is 0.108. The van der Waals surface area contributed by atoms with Gasteiger partial charge in [-0.2, -0.15) is 5.26 Å². The van der Waals surface area contributed by atoms with Gasteiger partial charge in [0.15, 0.2) is 0 Å². The van der Waals surface area contributed by atoms with E-state index in [1.807, 2.05) is 0 Å². The Labute approximate surface area is 73.6 Å². The fourth-order valence-electron chi connectivity index (χ4n) is 0.723. The highest BCUT2D eigenvalue weighted by atomic mass is 35.5. The first kappa shape index (κ1) is 8.50. The fourth-order valence-corrected chi connectivity index (χ4v) is 0.880. The number of aromatic nitrogens is 1. The molecule has 5 heteroatoms. The van der Waals surface area contributed by atoms with E-state index in [1.165, 1.54) is 12.3 Å². The Bertz CT molecular complexity index is 369. The number of pyridine rings is 1. The molecule has 0 aromatic carbocycles. The van der Waals surface area contributed by atoms with Crippen molar-refractivity contribution >= 4 is 22.7 Å². The number of nitrogen functional groups attached to an aromatic ring is 1. The molecular formula is C7H4ClN3O. The van der Waals surface area contributed by atoms with Crippen LogP contribution in [-0.4, -0.2) is 10.2 Å². The van der Waals surface area contributed by atoms with Crippen LogP contribution in [0.2, 0.25) is 0 Å². The fraction of sp³-hybridized carbons (Fsp3) is 0. The summed E-state index contributed by atoms with van der Waals surface area (Å²) in [4.78, 5) is 14.3. The minimum atomic E-state index is -0.708. The summed E-state index contributed by atoms with van der Waals surface area (Å²) in [6, 6.07) is 3.05. The number of hydrogen-bond donors (Lipinski definition) is 1. The zero-order valence-electron chi connectivity index (χ0n) is 5.91. The molecule has 60 valence electrons. The molecule has 0 unspecified atom stereocenters. The van der Waals surface area contributed by atoms with Gasteiger partial charge in [-0.05, 0) is 17.7 Å². The molecule has 0 amide bonds. The van der Waals surface area contributed by atoms with Crippen LogP contribution in [-0.2, 0) is 0 Å². The number of nitrogens with zero attached hydrogens (tertiary/aromatic N) is 2. The van der Waals surface area contributed by atoms with Gasteiger partial charge < -0.3 is 5.73 Å². The first-order valence-electron chi connectivity index (χ1n) is 3.00. The number of hydrogen-bond acceptors (Lipinski definition) is 4. The minimum absolute atomic E-state index is 0.0895. The summed E-state index contributed by atoms with van der Waals surface area (Å²) in [6.07, 6.45) is 1.21.